The number of rotatable bonds is 4. The van der Waals surface area contributed by atoms with Crippen LogP contribution in [0.15, 0.2) is 109 Å². The van der Waals surface area contributed by atoms with Gasteiger partial charge in [-0.3, -0.25) is 0 Å². The van der Waals surface area contributed by atoms with Gasteiger partial charge >= 0.3 is 0 Å². The van der Waals surface area contributed by atoms with Crippen molar-refractivity contribution in [3.8, 4) is 22.3 Å². The van der Waals surface area contributed by atoms with Crippen LogP contribution in [0.3, 0.4) is 0 Å². The Morgan fingerprint density at radius 3 is 1.68 bits per heavy atom. The Kier molecular flexibility index (Phi) is 7.23. The van der Waals surface area contributed by atoms with Crippen molar-refractivity contribution in [1.82, 2.24) is 0 Å². The Labute approximate surface area is 318 Å². The second-order valence-corrected chi connectivity index (χ2v) is 20.2. The van der Waals surface area contributed by atoms with E-state index in [0.717, 1.165) is 23.7 Å². The van der Waals surface area contributed by atoms with E-state index in [9.17, 15) is 0 Å². The van der Waals surface area contributed by atoms with E-state index in [4.69, 9.17) is 0 Å². The molecule has 0 saturated heterocycles. The fourth-order valence-electron chi connectivity index (χ4n) is 12.4. The van der Waals surface area contributed by atoms with Crippen LogP contribution >= 0.6 is 0 Å². The second kappa shape index (κ2) is 11.5. The van der Waals surface area contributed by atoms with Crippen LogP contribution in [0.2, 0.25) is 0 Å². The number of benzene rings is 5. The van der Waals surface area contributed by atoms with E-state index in [1.807, 2.05) is 0 Å². The molecule has 5 aromatic carbocycles. The molecule has 4 bridgehead atoms. The Balaban J connectivity index is 1.09. The predicted molar refractivity (Wildman–Crippen MR) is 224 cm³/mol. The molecule has 6 aliphatic rings. The molecule has 11 rings (SSSR count). The molecule has 4 fully saturated rings. The summed E-state index contributed by atoms with van der Waals surface area (Å²) in [6.45, 7) is 16.6. The highest BCUT2D eigenvalue weighted by Gasteiger charge is 2.61. The van der Waals surface area contributed by atoms with Crippen LogP contribution in [0.4, 0.5) is 17.1 Å². The smallest absolute Gasteiger partial charge is 0.0465 e. The maximum atomic E-state index is 2.64. The number of fused-ring (bicyclic) bond motifs is 4. The highest BCUT2D eigenvalue weighted by Crippen LogP contribution is 2.69. The highest BCUT2D eigenvalue weighted by atomic mass is 15.1. The number of hydrogen-bond donors (Lipinski definition) is 0. The van der Waals surface area contributed by atoms with Crippen molar-refractivity contribution < 1.29 is 0 Å². The lowest BCUT2D eigenvalue weighted by Gasteiger charge is -2.61. The Hall–Kier alpha value is -4.10. The van der Waals surface area contributed by atoms with Crippen LogP contribution in [-0.2, 0) is 21.7 Å². The average Bonchev–Trinajstić information content (AvgIpc) is 3.42. The maximum absolute atomic E-state index is 2.64. The normalized spacial score (nSPS) is 27.0. The van der Waals surface area contributed by atoms with Gasteiger partial charge in [0.05, 0.1) is 0 Å². The van der Waals surface area contributed by atoms with Crippen LogP contribution in [0.1, 0.15) is 121 Å². The molecule has 53 heavy (non-hydrogen) atoms. The molecule has 6 aliphatic carbocycles. The molecular formula is C52H57N. The van der Waals surface area contributed by atoms with Gasteiger partial charge in [-0.05, 0) is 171 Å². The molecule has 0 unspecified atom stereocenters. The summed E-state index contributed by atoms with van der Waals surface area (Å²) in [6, 6.07) is 43.1. The van der Waals surface area contributed by atoms with Crippen LogP contribution < -0.4 is 4.90 Å². The van der Waals surface area contributed by atoms with Gasteiger partial charge in [0, 0.05) is 22.5 Å². The Morgan fingerprint density at radius 1 is 0.491 bits per heavy atom. The zero-order chi connectivity index (χ0) is 36.5. The maximum Gasteiger partial charge on any atom is 0.0465 e. The topological polar surface area (TPSA) is 3.24 Å². The lowest BCUT2D eigenvalue weighted by atomic mass is 9.43. The summed E-state index contributed by atoms with van der Waals surface area (Å²) in [5.41, 5.74) is 17.6. The number of hydrogen-bond acceptors (Lipinski definition) is 1. The SMILES string of the molecule is CC(C)(C)c1ccc(N(c2ccc(-c3ccc4c(c3)C(C)(C)CCC4(C)C)cc2)c2ccc3c(c2)C2(c4ccccc4-3)C3CC4CC(C3)CC2C4)cc1. The van der Waals surface area contributed by atoms with Crippen molar-refractivity contribution in [3.63, 3.8) is 0 Å². The first-order chi connectivity index (χ1) is 25.3. The highest BCUT2D eigenvalue weighted by molar-refractivity contribution is 5.87. The molecule has 0 aliphatic heterocycles. The molecule has 0 aromatic heterocycles. The van der Waals surface area contributed by atoms with Gasteiger partial charge in [-0.25, -0.2) is 0 Å². The largest absolute Gasteiger partial charge is 0.310 e. The Bertz CT molecular complexity index is 2200. The molecule has 1 spiro atoms. The first kappa shape index (κ1) is 33.5. The molecular weight excluding hydrogens is 639 g/mol. The minimum Gasteiger partial charge on any atom is -0.310 e. The third kappa shape index (κ3) is 5.01. The fourth-order valence-corrected chi connectivity index (χ4v) is 12.4. The van der Waals surface area contributed by atoms with Crippen LogP contribution in [0.5, 0.6) is 0 Å². The van der Waals surface area contributed by atoms with E-state index in [1.54, 1.807) is 11.1 Å². The van der Waals surface area contributed by atoms with Crippen LogP contribution in [-0.4, -0.2) is 0 Å². The van der Waals surface area contributed by atoms with Gasteiger partial charge in [0.15, 0.2) is 0 Å². The minimum atomic E-state index is 0.106. The molecule has 0 radical (unpaired) electrons. The van der Waals surface area contributed by atoms with Gasteiger partial charge in [0.1, 0.15) is 0 Å². The molecule has 0 amide bonds. The first-order valence-corrected chi connectivity index (χ1v) is 20.7. The summed E-state index contributed by atoms with van der Waals surface area (Å²) in [5.74, 6) is 3.38. The van der Waals surface area contributed by atoms with E-state index in [0.29, 0.717) is 0 Å². The van der Waals surface area contributed by atoms with Crippen molar-refractivity contribution in [2.45, 2.75) is 115 Å². The second-order valence-electron chi connectivity index (χ2n) is 20.2. The molecule has 5 aromatic rings. The molecule has 0 atom stereocenters. The standard InChI is InChI=1S/C52H57N/c1-49(2,3)37-15-19-41(20-16-37)53(40-17-12-35(13-18-40)36-14-23-46-48(31-36)51(6,7)25-24-50(46,4)5)42-21-22-44-43-10-8-9-11-45(43)52(47(44)32-42)38-27-33-26-34(29-38)30-39(52)28-33/h8-23,31-34,38-39H,24-30H2,1-7H3. The average molecular weight is 696 g/mol. The van der Waals surface area contributed by atoms with E-state index in [1.165, 1.54) is 101 Å². The van der Waals surface area contributed by atoms with Crippen molar-refractivity contribution in [2.24, 2.45) is 23.7 Å². The van der Waals surface area contributed by atoms with Gasteiger partial charge < -0.3 is 4.90 Å². The van der Waals surface area contributed by atoms with E-state index in [2.05, 4.69) is 163 Å². The third-order valence-electron chi connectivity index (χ3n) is 15.1. The summed E-state index contributed by atoms with van der Waals surface area (Å²) in [6.07, 6.45) is 9.57. The lowest BCUT2D eigenvalue weighted by molar-refractivity contribution is -0.0399. The van der Waals surface area contributed by atoms with E-state index >= 15 is 0 Å². The number of anilines is 3. The number of nitrogens with zero attached hydrogens (tertiary/aromatic N) is 1. The van der Waals surface area contributed by atoms with Gasteiger partial charge in [0.2, 0.25) is 0 Å². The summed E-state index contributed by atoms with van der Waals surface area (Å²) < 4.78 is 0. The van der Waals surface area contributed by atoms with Crippen molar-refractivity contribution in [1.29, 1.82) is 0 Å². The molecule has 1 nitrogen and oxygen atoms in total. The lowest BCUT2D eigenvalue weighted by Crippen LogP contribution is -2.55. The van der Waals surface area contributed by atoms with Gasteiger partial charge in [0.25, 0.3) is 0 Å². The molecule has 0 heterocycles. The molecule has 1 heteroatoms. The van der Waals surface area contributed by atoms with Crippen LogP contribution in [0.25, 0.3) is 22.3 Å². The van der Waals surface area contributed by atoms with E-state index < -0.39 is 0 Å². The Morgan fingerprint density at radius 2 is 1.04 bits per heavy atom. The zero-order valence-corrected chi connectivity index (χ0v) is 33.1. The van der Waals surface area contributed by atoms with Crippen LogP contribution in [0, 0.1) is 23.7 Å². The van der Waals surface area contributed by atoms with Gasteiger partial charge in [-0.2, -0.15) is 0 Å². The predicted octanol–water partition coefficient (Wildman–Crippen LogP) is 14.2. The van der Waals surface area contributed by atoms with Gasteiger partial charge in [-0.1, -0.05) is 121 Å². The molecule has 270 valence electrons. The minimum absolute atomic E-state index is 0.106. The first-order valence-electron chi connectivity index (χ1n) is 20.7. The quantitative estimate of drug-likeness (QED) is 0.181. The van der Waals surface area contributed by atoms with Crippen molar-refractivity contribution >= 4 is 17.1 Å². The van der Waals surface area contributed by atoms with Crippen molar-refractivity contribution in [2.75, 3.05) is 4.90 Å². The summed E-state index contributed by atoms with van der Waals surface area (Å²) >= 11 is 0. The van der Waals surface area contributed by atoms with E-state index in [-0.39, 0.29) is 21.7 Å². The summed E-state index contributed by atoms with van der Waals surface area (Å²) in [7, 11) is 0. The summed E-state index contributed by atoms with van der Waals surface area (Å²) in [5, 5.41) is 0. The fraction of sp³-hybridized carbons (Fsp3) is 0.423. The molecule has 0 N–H and O–H groups in total. The van der Waals surface area contributed by atoms with Crippen molar-refractivity contribution in [3.05, 3.63) is 137 Å². The molecule has 4 saturated carbocycles. The summed E-state index contributed by atoms with van der Waals surface area (Å²) in [4.78, 5) is 2.53. The monoisotopic (exact) mass is 695 g/mol. The van der Waals surface area contributed by atoms with Gasteiger partial charge in [-0.15, -0.1) is 0 Å². The third-order valence-corrected chi connectivity index (χ3v) is 15.1. The zero-order valence-electron chi connectivity index (χ0n) is 33.1.